The lowest BCUT2D eigenvalue weighted by molar-refractivity contribution is 0.215. The average molecular weight is 365 g/mol. The molecule has 2 fully saturated rings. The maximum Gasteiger partial charge on any atom is -0.00900 e. The van der Waals surface area contributed by atoms with E-state index in [1.807, 2.05) is 0 Å². The molecule has 2 saturated carbocycles. The normalized spacial score (nSPS) is 44.3. The first kappa shape index (κ1) is 19.3. The number of hydrogen-bond acceptors (Lipinski definition) is 0. The van der Waals surface area contributed by atoms with Gasteiger partial charge in [0.25, 0.3) is 0 Å². The summed E-state index contributed by atoms with van der Waals surface area (Å²) in [5, 5.41) is 0. The fourth-order valence-electron chi connectivity index (χ4n) is 7.46. The molecule has 0 nitrogen and oxygen atoms in total. The summed E-state index contributed by atoms with van der Waals surface area (Å²) in [7, 11) is 0. The Morgan fingerprint density at radius 3 is 1.48 bits per heavy atom. The smallest absolute Gasteiger partial charge is 0.00900 e. The first-order valence-electron chi connectivity index (χ1n) is 11.4. The van der Waals surface area contributed by atoms with Crippen LogP contribution in [0.25, 0.3) is 0 Å². The van der Waals surface area contributed by atoms with E-state index in [2.05, 4.69) is 67.5 Å². The van der Waals surface area contributed by atoms with Gasteiger partial charge >= 0.3 is 0 Å². The first-order chi connectivity index (χ1) is 12.7. The Morgan fingerprint density at radius 1 is 0.667 bits per heavy atom. The lowest BCUT2D eigenvalue weighted by atomic mass is 9.69. The zero-order valence-corrected chi connectivity index (χ0v) is 18.9. The van der Waals surface area contributed by atoms with E-state index in [0.717, 1.165) is 35.5 Å². The molecule has 0 bridgehead atoms. The zero-order chi connectivity index (χ0) is 19.6. The van der Waals surface area contributed by atoms with Crippen LogP contribution in [0.15, 0.2) is 45.6 Å². The van der Waals surface area contributed by atoms with Gasteiger partial charge in [-0.05, 0) is 106 Å². The van der Waals surface area contributed by atoms with Gasteiger partial charge in [0.2, 0.25) is 0 Å². The highest BCUT2D eigenvalue weighted by Crippen LogP contribution is 2.60. The van der Waals surface area contributed by atoms with Crippen LogP contribution in [0.2, 0.25) is 0 Å². The van der Waals surface area contributed by atoms with Gasteiger partial charge in [0.1, 0.15) is 0 Å². The molecule has 0 saturated heterocycles. The predicted octanol–water partition coefficient (Wildman–Crippen LogP) is 7.75. The minimum absolute atomic E-state index is 0.716. The van der Waals surface area contributed by atoms with E-state index in [9.17, 15) is 0 Å². The third kappa shape index (κ3) is 2.85. The SMILES string of the molecule is CC1=CC2C3C=C(C)C(C)=C(C)C3C(CC3C(C)CCC3C)C2C(C)=C1C. The second kappa shape index (κ2) is 6.78. The van der Waals surface area contributed by atoms with Crippen molar-refractivity contribution >= 4 is 0 Å². The van der Waals surface area contributed by atoms with Crippen molar-refractivity contribution in [1.29, 1.82) is 0 Å². The summed E-state index contributed by atoms with van der Waals surface area (Å²) in [6.45, 7) is 19.4. The van der Waals surface area contributed by atoms with Gasteiger partial charge < -0.3 is 0 Å². The predicted molar refractivity (Wildman–Crippen MR) is 117 cm³/mol. The Kier molecular flexibility index (Phi) is 4.84. The second-order valence-corrected chi connectivity index (χ2v) is 10.6. The molecule has 0 heterocycles. The molecule has 0 aromatic rings. The van der Waals surface area contributed by atoms with Crippen molar-refractivity contribution < 1.29 is 0 Å². The van der Waals surface area contributed by atoms with Crippen LogP contribution >= 0.6 is 0 Å². The maximum atomic E-state index is 2.66. The fourth-order valence-corrected chi connectivity index (χ4v) is 7.46. The van der Waals surface area contributed by atoms with Gasteiger partial charge in [0, 0.05) is 0 Å². The Morgan fingerprint density at radius 2 is 1.07 bits per heavy atom. The summed E-state index contributed by atoms with van der Waals surface area (Å²) in [5.41, 5.74) is 9.62. The Hall–Kier alpha value is -1.04. The van der Waals surface area contributed by atoms with Crippen molar-refractivity contribution in [1.82, 2.24) is 0 Å². The van der Waals surface area contributed by atoms with Gasteiger partial charge in [-0.3, -0.25) is 0 Å². The topological polar surface area (TPSA) is 0 Å². The van der Waals surface area contributed by atoms with E-state index >= 15 is 0 Å². The molecule has 4 aliphatic rings. The van der Waals surface area contributed by atoms with Crippen LogP contribution in [0.3, 0.4) is 0 Å². The average Bonchev–Trinajstić information content (AvgIpc) is 3.10. The minimum atomic E-state index is 0.716. The van der Waals surface area contributed by atoms with Crippen LogP contribution in [0.4, 0.5) is 0 Å². The standard InChI is InChI=1S/C27H40/c1-14-9-10-15(2)22(14)13-25-26-20(7)18(5)16(3)11-23(26)24-12-17(4)19(6)21(8)27(24)25/h11-12,14-15,22-27H,9-10,13H2,1-8H3. The van der Waals surface area contributed by atoms with E-state index in [1.54, 1.807) is 22.3 Å². The molecule has 0 spiro atoms. The van der Waals surface area contributed by atoms with E-state index in [4.69, 9.17) is 0 Å². The minimum Gasteiger partial charge on any atom is -0.0770 e. The molecule has 0 radical (unpaired) electrons. The molecule has 0 N–H and O–H groups in total. The van der Waals surface area contributed by atoms with Crippen molar-refractivity contribution in [3.05, 3.63) is 45.6 Å². The number of allylic oxidation sites excluding steroid dienone is 8. The van der Waals surface area contributed by atoms with Crippen molar-refractivity contribution in [2.45, 2.75) is 74.7 Å². The molecule has 0 amide bonds. The van der Waals surface area contributed by atoms with Crippen molar-refractivity contribution in [2.75, 3.05) is 0 Å². The molecule has 6 atom stereocenters. The Bertz CT molecular complexity index is 693. The molecule has 0 aliphatic heterocycles. The van der Waals surface area contributed by atoms with Crippen LogP contribution in [-0.2, 0) is 0 Å². The summed E-state index contributed by atoms with van der Waals surface area (Å²) in [5.74, 6) is 6.52. The Labute approximate surface area is 167 Å². The molecule has 4 rings (SSSR count). The van der Waals surface area contributed by atoms with Crippen molar-refractivity contribution in [3.63, 3.8) is 0 Å². The lowest BCUT2D eigenvalue weighted by Gasteiger charge is -2.35. The maximum absolute atomic E-state index is 2.66. The van der Waals surface area contributed by atoms with Gasteiger partial charge in [-0.25, -0.2) is 0 Å². The van der Waals surface area contributed by atoms with Crippen LogP contribution in [0, 0.1) is 47.3 Å². The van der Waals surface area contributed by atoms with E-state index in [0.29, 0.717) is 11.8 Å². The molecule has 148 valence electrons. The third-order valence-electron chi connectivity index (χ3n) is 9.53. The highest BCUT2D eigenvalue weighted by atomic mass is 14.6. The van der Waals surface area contributed by atoms with E-state index in [1.165, 1.54) is 30.4 Å². The van der Waals surface area contributed by atoms with Gasteiger partial charge in [0.15, 0.2) is 0 Å². The molecule has 4 aliphatic carbocycles. The van der Waals surface area contributed by atoms with Crippen LogP contribution in [-0.4, -0.2) is 0 Å². The zero-order valence-electron chi connectivity index (χ0n) is 18.9. The molecule has 0 aromatic carbocycles. The number of rotatable bonds is 2. The highest BCUT2D eigenvalue weighted by Gasteiger charge is 2.53. The molecule has 6 unspecified atom stereocenters. The van der Waals surface area contributed by atoms with Gasteiger partial charge in [0.05, 0.1) is 0 Å². The lowest BCUT2D eigenvalue weighted by Crippen LogP contribution is -2.27. The number of hydrogen-bond donors (Lipinski definition) is 0. The fraction of sp³-hybridized carbons (Fsp3) is 0.704. The van der Waals surface area contributed by atoms with E-state index < -0.39 is 0 Å². The molecule has 0 heteroatoms. The van der Waals surface area contributed by atoms with Crippen LogP contribution < -0.4 is 0 Å². The Balaban J connectivity index is 1.78. The van der Waals surface area contributed by atoms with Gasteiger partial charge in [-0.1, -0.05) is 61.1 Å². The van der Waals surface area contributed by atoms with Crippen LogP contribution in [0.5, 0.6) is 0 Å². The molecule has 27 heavy (non-hydrogen) atoms. The number of fused-ring (bicyclic) bond motifs is 3. The quantitative estimate of drug-likeness (QED) is 0.470. The highest BCUT2D eigenvalue weighted by molar-refractivity contribution is 5.46. The summed E-state index contributed by atoms with van der Waals surface area (Å²) >= 11 is 0. The summed E-state index contributed by atoms with van der Waals surface area (Å²) < 4.78 is 0. The first-order valence-corrected chi connectivity index (χ1v) is 11.4. The second-order valence-electron chi connectivity index (χ2n) is 10.6. The van der Waals surface area contributed by atoms with Crippen LogP contribution in [0.1, 0.15) is 74.7 Å². The largest absolute Gasteiger partial charge is 0.0770 e. The summed E-state index contributed by atoms with van der Waals surface area (Å²) in [6.07, 6.45) is 9.65. The van der Waals surface area contributed by atoms with E-state index in [-0.39, 0.29) is 0 Å². The molecular weight excluding hydrogens is 324 g/mol. The molecule has 0 aromatic heterocycles. The van der Waals surface area contributed by atoms with Gasteiger partial charge in [-0.15, -0.1) is 0 Å². The van der Waals surface area contributed by atoms with Crippen molar-refractivity contribution in [2.24, 2.45) is 47.3 Å². The van der Waals surface area contributed by atoms with Crippen molar-refractivity contribution in [3.8, 4) is 0 Å². The summed E-state index contributed by atoms with van der Waals surface area (Å²) in [6, 6.07) is 0. The third-order valence-corrected chi connectivity index (χ3v) is 9.53. The molecular formula is C27H40. The van der Waals surface area contributed by atoms with Gasteiger partial charge in [-0.2, -0.15) is 0 Å². The monoisotopic (exact) mass is 364 g/mol. The summed E-state index contributed by atoms with van der Waals surface area (Å²) in [4.78, 5) is 0.